The highest BCUT2D eigenvalue weighted by Gasteiger charge is 2.26. The minimum Gasteiger partial charge on any atom is -0.399 e. The Morgan fingerprint density at radius 1 is 1.50 bits per heavy atom. The van der Waals surface area contributed by atoms with Crippen LogP contribution in [0.15, 0.2) is 18.3 Å². The number of nitrogens with one attached hydrogen (secondary N) is 2. The fraction of sp³-hybridized carbons (Fsp3) is 0.300. The summed E-state index contributed by atoms with van der Waals surface area (Å²) >= 11 is 0. The van der Waals surface area contributed by atoms with Gasteiger partial charge in [0.2, 0.25) is 11.8 Å². The number of imide groups is 1. The molecule has 1 saturated heterocycles. The van der Waals surface area contributed by atoms with E-state index in [9.17, 15) is 9.59 Å². The minimum absolute atomic E-state index is 0.233. The summed E-state index contributed by atoms with van der Waals surface area (Å²) < 4.78 is 0. The quantitative estimate of drug-likeness (QED) is 0.604. The number of anilines is 2. The molecule has 1 aliphatic rings. The Hall–Kier alpha value is -2.11. The van der Waals surface area contributed by atoms with Crippen molar-refractivity contribution in [3.8, 4) is 0 Å². The van der Waals surface area contributed by atoms with E-state index in [2.05, 4.69) is 15.6 Å². The van der Waals surface area contributed by atoms with Crippen LogP contribution >= 0.6 is 0 Å². The fourth-order valence-corrected chi connectivity index (χ4v) is 1.54. The summed E-state index contributed by atoms with van der Waals surface area (Å²) in [6.45, 7) is 0. The van der Waals surface area contributed by atoms with Crippen molar-refractivity contribution in [1.29, 1.82) is 0 Å². The molecule has 2 amide bonds. The molecule has 16 heavy (non-hydrogen) atoms. The zero-order valence-corrected chi connectivity index (χ0v) is 8.56. The van der Waals surface area contributed by atoms with Gasteiger partial charge in [-0.15, -0.1) is 0 Å². The molecular formula is C10H12N4O2. The molecule has 2 heterocycles. The van der Waals surface area contributed by atoms with E-state index < -0.39 is 6.04 Å². The van der Waals surface area contributed by atoms with E-state index in [1.54, 1.807) is 18.3 Å². The number of nitrogens with zero attached hydrogens (tertiary/aromatic N) is 1. The van der Waals surface area contributed by atoms with Crippen molar-refractivity contribution in [2.45, 2.75) is 18.9 Å². The van der Waals surface area contributed by atoms with Gasteiger partial charge in [-0.2, -0.15) is 0 Å². The fourth-order valence-electron chi connectivity index (χ4n) is 1.54. The van der Waals surface area contributed by atoms with Crippen molar-refractivity contribution in [2.24, 2.45) is 0 Å². The van der Waals surface area contributed by atoms with Crippen molar-refractivity contribution in [3.05, 3.63) is 18.3 Å². The second-order valence-corrected chi connectivity index (χ2v) is 3.62. The maximum Gasteiger partial charge on any atom is 0.249 e. The molecule has 6 heteroatoms. The third-order valence-corrected chi connectivity index (χ3v) is 2.35. The summed E-state index contributed by atoms with van der Waals surface area (Å²) in [5, 5.41) is 5.20. The highest BCUT2D eigenvalue weighted by molar-refractivity contribution is 6.01. The highest BCUT2D eigenvalue weighted by Crippen LogP contribution is 2.13. The zero-order chi connectivity index (χ0) is 11.5. The molecule has 1 fully saturated rings. The van der Waals surface area contributed by atoms with Crippen molar-refractivity contribution in [3.63, 3.8) is 0 Å². The van der Waals surface area contributed by atoms with E-state index in [1.807, 2.05) is 0 Å². The Bertz CT molecular complexity index is 433. The van der Waals surface area contributed by atoms with Gasteiger partial charge in [-0.05, 0) is 12.5 Å². The number of amides is 2. The Labute approximate surface area is 92.2 Å². The second-order valence-electron chi connectivity index (χ2n) is 3.62. The van der Waals surface area contributed by atoms with Gasteiger partial charge in [0.1, 0.15) is 11.9 Å². The summed E-state index contributed by atoms with van der Waals surface area (Å²) in [4.78, 5) is 26.4. The number of carbonyl (C=O) groups excluding carboxylic acids is 2. The highest BCUT2D eigenvalue weighted by atomic mass is 16.2. The predicted octanol–water partition coefficient (Wildman–Crippen LogP) is -0.119. The largest absolute Gasteiger partial charge is 0.399 e. The molecule has 1 aromatic rings. The van der Waals surface area contributed by atoms with E-state index in [4.69, 9.17) is 5.73 Å². The van der Waals surface area contributed by atoms with Crippen LogP contribution in [0.25, 0.3) is 0 Å². The van der Waals surface area contributed by atoms with E-state index in [0.29, 0.717) is 24.3 Å². The lowest BCUT2D eigenvalue weighted by Gasteiger charge is -2.22. The van der Waals surface area contributed by atoms with Gasteiger partial charge in [-0.3, -0.25) is 14.9 Å². The van der Waals surface area contributed by atoms with Crippen molar-refractivity contribution in [1.82, 2.24) is 10.3 Å². The lowest BCUT2D eigenvalue weighted by molar-refractivity contribution is -0.133. The van der Waals surface area contributed by atoms with Crippen LogP contribution in [-0.2, 0) is 9.59 Å². The number of hydrogen-bond acceptors (Lipinski definition) is 5. The normalized spacial score (nSPS) is 20.4. The zero-order valence-electron chi connectivity index (χ0n) is 8.56. The molecule has 0 aromatic carbocycles. The molecule has 0 radical (unpaired) electrons. The first kappa shape index (κ1) is 10.4. The predicted molar refractivity (Wildman–Crippen MR) is 58.4 cm³/mol. The van der Waals surface area contributed by atoms with Crippen LogP contribution in [0.1, 0.15) is 12.8 Å². The Morgan fingerprint density at radius 2 is 2.31 bits per heavy atom. The average molecular weight is 220 g/mol. The number of nitrogen functional groups attached to an aromatic ring is 1. The standard InChI is InChI=1S/C10H12N4O2/c11-6-3-4-12-8(5-6)13-7-1-2-9(15)14-10(7)16/h3-5,7H,1-2H2,(H3,11,12,13)(H,14,15,16). The first-order valence-electron chi connectivity index (χ1n) is 4.97. The lowest BCUT2D eigenvalue weighted by Crippen LogP contribution is -2.47. The number of piperidine rings is 1. The van der Waals surface area contributed by atoms with Gasteiger partial charge in [0.05, 0.1) is 0 Å². The Kier molecular flexibility index (Phi) is 2.72. The van der Waals surface area contributed by atoms with E-state index >= 15 is 0 Å². The first-order valence-corrected chi connectivity index (χ1v) is 4.97. The van der Waals surface area contributed by atoms with Crippen LogP contribution in [0, 0.1) is 0 Å². The summed E-state index contributed by atoms with van der Waals surface area (Å²) in [5.74, 6) is -0.0152. The molecular weight excluding hydrogens is 208 g/mol. The van der Waals surface area contributed by atoms with Gasteiger partial charge in [0.15, 0.2) is 0 Å². The number of carbonyl (C=O) groups is 2. The van der Waals surface area contributed by atoms with Gasteiger partial charge in [-0.1, -0.05) is 0 Å². The van der Waals surface area contributed by atoms with Gasteiger partial charge in [-0.25, -0.2) is 4.98 Å². The first-order chi connectivity index (χ1) is 7.65. The number of rotatable bonds is 2. The van der Waals surface area contributed by atoms with Crippen molar-refractivity contribution < 1.29 is 9.59 Å². The maximum absolute atomic E-state index is 11.4. The molecule has 0 saturated carbocycles. The number of nitrogens with two attached hydrogens (primary N) is 1. The summed E-state index contributed by atoms with van der Waals surface area (Å²) in [6, 6.07) is 2.88. The molecule has 0 bridgehead atoms. The molecule has 0 spiro atoms. The summed E-state index contributed by atoms with van der Waals surface area (Å²) in [7, 11) is 0. The topological polar surface area (TPSA) is 97.1 Å². The maximum atomic E-state index is 11.4. The molecule has 4 N–H and O–H groups in total. The van der Waals surface area contributed by atoms with Crippen LogP contribution in [0.3, 0.4) is 0 Å². The Morgan fingerprint density at radius 3 is 3.00 bits per heavy atom. The summed E-state index contributed by atoms with van der Waals surface area (Å²) in [5.41, 5.74) is 6.16. The molecule has 1 aliphatic heterocycles. The van der Waals surface area contributed by atoms with Crippen molar-refractivity contribution in [2.75, 3.05) is 11.1 Å². The third-order valence-electron chi connectivity index (χ3n) is 2.35. The van der Waals surface area contributed by atoms with Gasteiger partial charge in [0.25, 0.3) is 0 Å². The molecule has 84 valence electrons. The van der Waals surface area contributed by atoms with E-state index in [1.165, 1.54) is 0 Å². The molecule has 1 unspecified atom stereocenters. The molecule has 6 nitrogen and oxygen atoms in total. The third kappa shape index (κ3) is 2.28. The van der Waals surface area contributed by atoms with E-state index in [-0.39, 0.29) is 11.8 Å². The van der Waals surface area contributed by atoms with Crippen LogP contribution in [0.2, 0.25) is 0 Å². The monoisotopic (exact) mass is 220 g/mol. The van der Waals surface area contributed by atoms with Crippen LogP contribution < -0.4 is 16.4 Å². The van der Waals surface area contributed by atoms with Gasteiger partial charge >= 0.3 is 0 Å². The summed E-state index contributed by atoms with van der Waals surface area (Å²) in [6.07, 6.45) is 2.37. The molecule has 1 aromatic heterocycles. The minimum atomic E-state index is -0.424. The number of aromatic nitrogens is 1. The van der Waals surface area contributed by atoms with E-state index in [0.717, 1.165) is 0 Å². The average Bonchev–Trinajstić information content (AvgIpc) is 2.22. The number of pyridine rings is 1. The van der Waals surface area contributed by atoms with Crippen LogP contribution in [0.4, 0.5) is 11.5 Å². The molecule has 1 atom stereocenters. The van der Waals surface area contributed by atoms with Crippen LogP contribution in [0.5, 0.6) is 0 Å². The van der Waals surface area contributed by atoms with Gasteiger partial charge in [0, 0.05) is 24.4 Å². The molecule has 2 rings (SSSR count). The lowest BCUT2D eigenvalue weighted by atomic mass is 10.1. The SMILES string of the molecule is Nc1ccnc(NC2CCC(=O)NC2=O)c1. The number of hydrogen-bond donors (Lipinski definition) is 3. The second kappa shape index (κ2) is 4.18. The smallest absolute Gasteiger partial charge is 0.249 e. The Balaban J connectivity index is 2.05. The molecule has 0 aliphatic carbocycles. The van der Waals surface area contributed by atoms with Gasteiger partial charge < -0.3 is 11.1 Å². The van der Waals surface area contributed by atoms with Crippen molar-refractivity contribution >= 4 is 23.3 Å². The van der Waals surface area contributed by atoms with Crippen LogP contribution in [-0.4, -0.2) is 22.8 Å².